The smallest absolute Gasteiger partial charge is 0.346 e. The summed E-state index contributed by atoms with van der Waals surface area (Å²) >= 11 is 0. The highest BCUT2D eigenvalue weighted by Gasteiger charge is 2.48. The number of nitrogens with one attached hydrogen (secondary N) is 1. The number of aromatic nitrogens is 1. The number of hydrogen-bond acceptors (Lipinski definition) is 10. The van der Waals surface area contributed by atoms with Gasteiger partial charge in [-0.15, -0.1) is 0 Å². The number of aliphatic hydroxyl groups is 3. The molecule has 14 heteroatoms. The van der Waals surface area contributed by atoms with Gasteiger partial charge >= 0.3 is 11.9 Å². The third-order valence-electron chi connectivity index (χ3n) is 6.51. The molecule has 6 atom stereocenters. The second-order valence-corrected chi connectivity index (χ2v) is 9.02. The highest BCUT2D eigenvalue weighted by Crippen LogP contribution is 2.31. The third kappa shape index (κ3) is 4.78. The number of ether oxygens (including phenoxy) is 2. The lowest BCUT2D eigenvalue weighted by Gasteiger charge is -2.37. The fourth-order valence-corrected chi connectivity index (χ4v) is 4.62. The molecule has 2 saturated heterocycles. The van der Waals surface area contributed by atoms with Gasteiger partial charge < -0.3 is 44.7 Å². The van der Waals surface area contributed by atoms with E-state index in [0.29, 0.717) is 19.6 Å². The van der Waals surface area contributed by atoms with Crippen LogP contribution in [0.1, 0.15) is 24.2 Å². The molecule has 1 aromatic heterocycles. The Morgan fingerprint density at radius 2 is 1.92 bits per heavy atom. The molecule has 4 rings (SSSR count). The number of carboxylic acid groups (broad SMARTS) is 1. The Labute approximate surface area is 208 Å². The molecule has 2 aromatic rings. The summed E-state index contributed by atoms with van der Waals surface area (Å²) in [4.78, 5) is 38.8. The number of aliphatic carboxylic acids is 1. The number of aliphatic hydroxyl groups excluding tert-OH is 3. The molecule has 0 radical (unpaired) electrons. The average Bonchev–Trinajstić information content (AvgIpc) is 2.84. The van der Waals surface area contributed by atoms with Crippen molar-refractivity contribution in [2.75, 3.05) is 24.5 Å². The van der Waals surface area contributed by atoms with Crippen molar-refractivity contribution in [2.45, 2.75) is 57.1 Å². The predicted molar refractivity (Wildman–Crippen MR) is 123 cm³/mol. The van der Waals surface area contributed by atoms with Gasteiger partial charge in [0, 0.05) is 38.4 Å². The zero-order valence-electron chi connectivity index (χ0n) is 19.9. The molecule has 6 unspecified atom stereocenters. The van der Waals surface area contributed by atoms with Gasteiger partial charge in [-0.3, -0.25) is 4.79 Å². The van der Waals surface area contributed by atoms with Gasteiger partial charge in [0.15, 0.2) is 11.9 Å². The molecule has 0 bridgehead atoms. The van der Waals surface area contributed by atoms with Gasteiger partial charge in [-0.1, -0.05) is 0 Å². The van der Waals surface area contributed by atoms with Crippen LogP contribution < -0.4 is 15.6 Å². The minimum atomic E-state index is -2.05. The average molecular weight is 527 g/mol. The molecule has 0 spiro atoms. The van der Waals surface area contributed by atoms with Crippen molar-refractivity contribution in [1.29, 1.82) is 0 Å². The summed E-state index contributed by atoms with van der Waals surface area (Å²) in [5.41, 5.74) is -2.24. The number of piperazine rings is 1. The van der Waals surface area contributed by atoms with Crippen LogP contribution in [0.2, 0.25) is 0 Å². The van der Waals surface area contributed by atoms with E-state index in [1.54, 1.807) is 11.8 Å². The molecule has 37 heavy (non-hydrogen) atoms. The van der Waals surface area contributed by atoms with Gasteiger partial charge in [0.1, 0.15) is 35.4 Å². The highest BCUT2D eigenvalue weighted by atomic mass is 19.1. The number of carboxylic acids is 1. The maximum absolute atomic E-state index is 15.7. The first-order valence-corrected chi connectivity index (χ1v) is 11.6. The summed E-state index contributed by atoms with van der Waals surface area (Å²) in [5, 5.41) is 41.7. The summed E-state index contributed by atoms with van der Waals surface area (Å²) in [7, 11) is 0. The van der Waals surface area contributed by atoms with Crippen LogP contribution in [0.5, 0.6) is 0 Å². The van der Waals surface area contributed by atoms with E-state index in [9.17, 15) is 29.7 Å². The number of carbonyl (C=O) groups is 2. The molecular weight excluding hydrogens is 500 g/mol. The fourth-order valence-electron chi connectivity index (χ4n) is 4.62. The quantitative estimate of drug-likeness (QED) is 0.307. The van der Waals surface area contributed by atoms with Crippen LogP contribution in [0.3, 0.4) is 0 Å². The maximum atomic E-state index is 15.7. The molecule has 0 aliphatic carbocycles. The lowest BCUT2D eigenvalue weighted by atomic mass is 9.99. The first-order valence-electron chi connectivity index (χ1n) is 11.6. The van der Waals surface area contributed by atoms with E-state index in [4.69, 9.17) is 14.6 Å². The Morgan fingerprint density at radius 1 is 1.22 bits per heavy atom. The van der Waals surface area contributed by atoms with Crippen LogP contribution >= 0.6 is 0 Å². The summed E-state index contributed by atoms with van der Waals surface area (Å²) in [6, 6.07) is 0.824. The number of halogens is 2. The number of nitrogens with zero attached hydrogens (tertiary/aromatic N) is 2. The number of carbonyl (C=O) groups excluding carboxylic acids is 1. The first-order chi connectivity index (χ1) is 17.5. The maximum Gasteiger partial charge on any atom is 0.346 e. The van der Waals surface area contributed by atoms with Gasteiger partial charge in [-0.25, -0.2) is 18.4 Å². The van der Waals surface area contributed by atoms with Crippen molar-refractivity contribution in [1.82, 2.24) is 9.88 Å². The Kier molecular flexibility index (Phi) is 7.48. The van der Waals surface area contributed by atoms with Crippen LogP contribution in [0, 0.1) is 11.6 Å². The van der Waals surface area contributed by atoms with Crippen molar-refractivity contribution in [2.24, 2.45) is 0 Å². The molecule has 2 fully saturated rings. The van der Waals surface area contributed by atoms with Crippen molar-refractivity contribution in [3.63, 3.8) is 0 Å². The van der Waals surface area contributed by atoms with E-state index in [0.717, 1.165) is 12.3 Å². The second-order valence-electron chi connectivity index (χ2n) is 9.02. The molecule has 202 valence electrons. The lowest BCUT2D eigenvalue weighted by Crippen LogP contribution is -2.60. The van der Waals surface area contributed by atoms with Gasteiger partial charge in [-0.2, -0.15) is 0 Å². The van der Waals surface area contributed by atoms with Crippen molar-refractivity contribution >= 4 is 28.5 Å². The van der Waals surface area contributed by atoms with E-state index < -0.39 is 70.7 Å². The number of pyridine rings is 1. The van der Waals surface area contributed by atoms with Gasteiger partial charge in [0.05, 0.1) is 10.9 Å². The summed E-state index contributed by atoms with van der Waals surface area (Å²) in [6.45, 7) is 4.73. The van der Waals surface area contributed by atoms with E-state index in [2.05, 4.69) is 5.32 Å². The summed E-state index contributed by atoms with van der Waals surface area (Å²) < 4.78 is 41.9. The topological polar surface area (TPSA) is 171 Å². The van der Waals surface area contributed by atoms with Gasteiger partial charge in [0.2, 0.25) is 11.7 Å². The van der Waals surface area contributed by atoms with Crippen LogP contribution in [-0.2, 0) is 20.8 Å². The van der Waals surface area contributed by atoms with Crippen LogP contribution in [-0.4, -0.2) is 93.3 Å². The Balaban J connectivity index is 1.73. The number of aryl methyl sites for hydroxylation is 1. The Bertz CT molecular complexity index is 1290. The molecule has 2 aliphatic heterocycles. The first kappa shape index (κ1) is 26.9. The number of anilines is 1. The van der Waals surface area contributed by atoms with Gasteiger partial charge in [-0.05, 0) is 19.9 Å². The molecule has 0 amide bonds. The molecule has 0 saturated carbocycles. The number of fused-ring (bicyclic) bond motifs is 1. The largest absolute Gasteiger partial charge is 0.479 e. The van der Waals surface area contributed by atoms with E-state index >= 15 is 8.78 Å². The normalized spacial score (nSPS) is 28.4. The summed E-state index contributed by atoms with van der Waals surface area (Å²) in [5.74, 6) is -5.04. The number of esters is 1. The monoisotopic (exact) mass is 527 g/mol. The third-order valence-corrected chi connectivity index (χ3v) is 6.51. The molecule has 1 aromatic carbocycles. The zero-order chi connectivity index (χ0) is 27.2. The fraction of sp³-hybridized carbons (Fsp3) is 0.522. The van der Waals surface area contributed by atoms with E-state index in [1.165, 1.54) is 4.57 Å². The Hall–Kier alpha value is -3.17. The van der Waals surface area contributed by atoms with E-state index in [1.807, 2.05) is 6.92 Å². The lowest BCUT2D eigenvalue weighted by molar-refractivity contribution is -0.278. The number of hydrogen-bond donors (Lipinski definition) is 5. The minimum Gasteiger partial charge on any atom is -0.479 e. The SMILES string of the molecule is CCn1cc(C(=O)OC2OC(C(=O)O)C(O)C(O)C2O)c(=O)c2cc(F)c(N3CCNC(C)C3)c(F)c21. The van der Waals surface area contributed by atoms with Crippen molar-refractivity contribution in [3.8, 4) is 0 Å². The van der Waals surface area contributed by atoms with Crippen LogP contribution in [0.15, 0.2) is 17.1 Å². The standard InChI is InChI=1S/C23H27F2N3O9/c1-3-27-8-11(22(35)37-23-19(32)17(30)18(31)20(36-23)21(33)34)16(29)10-6-12(24)15(13(25)14(10)27)28-5-4-26-9(2)7-28/h6,8-9,17-20,23,26,30-32H,3-5,7H2,1-2H3,(H,33,34). The predicted octanol–water partition coefficient (Wildman–Crippen LogP) is -0.853. The zero-order valence-corrected chi connectivity index (χ0v) is 19.9. The van der Waals surface area contributed by atoms with E-state index in [-0.39, 0.29) is 23.8 Å². The summed E-state index contributed by atoms with van der Waals surface area (Å²) in [6.07, 6.45) is -9.17. The number of benzene rings is 1. The minimum absolute atomic E-state index is 0.0218. The highest BCUT2D eigenvalue weighted by molar-refractivity contribution is 5.95. The Morgan fingerprint density at radius 3 is 2.54 bits per heavy atom. The molecular formula is C23H27F2N3O9. The van der Waals surface area contributed by atoms with Crippen molar-refractivity contribution in [3.05, 3.63) is 39.7 Å². The molecule has 2 aliphatic rings. The second kappa shape index (κ2) is 10.3. The van der Waals surface area contributed by atoms with Crippen LogP contribution in [0.25, 0.3) is 10.9 Å². The number of rotatable bonds is 5. The van der Waals surface area contributed by atoms with Crippen LogP contribution in [0.4, 0.5) is 14.5 Å². The van der Waals surface area contributed by atoms with Gasteiger partial charge in [0.25, 0.3) is 0 Å². The molecule has 12 nitrogen and oxygen atoms in total. The molecule has 5 N–H and O–H groups in total. The van der Waals surface area contributed by atoms with Crippen molar-refractivity contribution < 1.29 is 48.3 Å². The molecule has 3 heterocycles.